The zero-order chi connectivity index (χ0) is 30.6. The van der Waals surface area contributed by atoms with Crippen LogP contribution in [0.4, 0.5) is 18.0 Å². The Labute approximate surface area is 247 Å². The Kier molecular flexibility index (Phi) is 8.66. The van der Waals surface area contributed by atoms with Gasteiger partial charge in [-0.3, -0.25) is 14.5 Å². The van der Waals surface area contributed by atoms with Gasteiger partial charge in [-0.15, -0.1) is 6.58 Å². The molecule has 5 rings (SSSR count). The van der Waals surface area contributed by atoms with Crippen LogP contribution in [0.25, 0.3) is 0 Å². The minimum Gasteiger partial charge on any atom is -0.354 e. The summed E-state index contributed by atoms with van der Waals surface area (Å²) in [5, 5.41) is 5.54. The number of hydrogen-bond acceptors (Lipinski definition) is 3. The van der Waals surface area contributed by atoms with E-state index in [1.165, 1.54) is 34.1 Å². The molecular weight excluding hydrogens is 557 g/mol. The molecular formula is C33H31F3N4O3. The molecule has 3 aromatic rings. The fourth-order valence-electron chi connectivity index (χ4n) is 5.60. The van der Waals surface area contributed by atoms with E-state index in [1.54, 1.807) is 0 Å². The molecule has 222 valence electrons. The van der Waals surface area contributed by atoms with Gasteiger partial charge >= 0.3 is 12.2 Å². The molecule has 0 bridgehead atoms. The molecule has 0 spiro atoms. The van der Waals surface area contributed by atoms with Crippen LogP contribution in [-0.2, 0) is 28.6 Å². The van der Waals surface area contributed by atoms with Gasteiger partial charge in [-0.2, -0.15) is 13.2 Å². The molecule has 3 aromatic carbocycles. The van der Waals surface area contributed by atoms with Gasteiger partial charge in [0.15, 0.2) is 0 Å². The molecule has 43 heavy (non-hydrogen) atoms. The lowest BCUT2D eigenvalue weighted by molar-refractivity contribution is -0.138. The summed E-state index contributed by atoms with van der Waals surface area (Å²) >= 11 is 0. The summed E-state index contributed by atoms with van der Waals surface area (Å²) in [6.07, 6.45) is -2.48. The largest absolute Gasteiger partial charge is 0.416 e. The van der Waals surface area contributed by atoms with Gasteiger partial charge in [-0.05, 0) is 29.2 Å². The second kappa shape index (κ2) is 12.6. The van der Waals surface area contributed by atoms with Crippen LogP contribution in [0.1, 0.15) is 28.3 Å². The van der Waals surface area contributed by atoms with Gasteiger partial charge in [-0.25, -0.2) is 4.79 Å². The number of nitrogens with one attached hydrogen (secondary N) is 2. The molecule has 0 unspecified atom stereocenters. The first-order valence-corrected chi connectivity index (χ1v) is 13.9. The van der Waals surface area contributed by atoms with Gasteiger partial charge in [0.2, 0.25) is 5.91 Å². The second-order valence-corrected chi connectivity index (χ2v) is 10.4. The normalized spacial score (nSPS) is 17.4. The Morgan fingerprint density at radius 3 is 2.26 bits per heavy atom. The molecule has 2 N–H and O–H groups in total. The summed E-state index contributed by atoms with van der Waals surface area (Å²) < 4.78 is 42.1. The van der Waals surface area contributed by atoms with Crippen LogP contribution >= 0.6 is 0 Å². The number of amides is 4. The maximum Gasteiger partial charge on any atom is 0.416 e. The van der Waals surface area contributed by atoms with Crippen LogP contribution in [0, 0.1) is 0 Å². The first kappa shape index (κ1) is 29.6. The van der Waals surface area contributed by atoms with E-state index in [1.807, 2.05) is 60.7 Å². The summed E-state index contributed by atoms with van der Waals surface area (Å²) in [5.74, 6) is -1.00. The van der Waals surface area contributed by atoms with Gasteiger partial charge in [-0.1, -0.05) is 84.9 Å². The lowest BCUT2D eigenvalue weighted by atomic mass is 9.91. The molecule has 10 heteroatoms. The zero-order valence-corrected chi connectivity index (χ0v) is 23.3. The summed E-state index contributed by atoms with van der Waals surface area (Å²) in [5.41, 5.74) is 0.914. The number of carbonyl (C=O) groups is 3. The number of nitrogens with zero attached hydrogens (tertiary/aromatic N) is 2. The average Bonchev–Trinajstić information content (AvgIpc) is 3.34. The highest BCUT2D eigenvalue weighted by molar-refractivity contribution is 6.03. The van der Waals surface area contributed by atoms with E-state index in [4.69, 9.17) is 0 Å². The Hall–Kier alpha value is -4.86. The minimum atomic E-state index is -4.71. The Morgan fingerprint density at radius 1 is 0.977 bits per heavy atom. The third kappa shape index (κ3) is 6.33. The highest BCUT2D eigenvalue weighted by Crippen LogP contribution is 2.42. The third-order valence-electron chi connectivity index (χ3n) is 7.65. The van der Waals surface area contributed by atoms with Crippen molar-refractivity contribution in [3.05, 3.63) is 131 Å². The smallest absolute Gasteiger partial charge is 0.354 e. The first-order valence-electron chi connectivity index (χ1n) is 13.9. The number of benzene rings is 3. The Bertz CT molecular complexity index is 1540. The van der Waals surface area contributed by atoms with E-state index in [2.05, 4.69) is 17.2 Å². The van der Waals surface area contributed by atoms with E-state index < -0.39 is 41.7 Å². The number of carbonyl (C=O) groups excluding carboxylic acids is 3. The fraction of sp³-hybridized carbons (Fsp3) is 0.242. The third-order valence-corrected chi connectivity index (χ3v) is 7.65. The molecule has 2 heterocycles. The quantitative estimate of drug-likeness (QED) is 0.327. The lowest BCUT2D eigenvalue weighted by Crippen LogP contribution is -2.50. The number of halogens is 3. The summed E-state index contributed by atoms with van der Waals surface area (Å²) in [4.78, 5) is 43.7. The van der Waals surface area contributed by atoms with Crippen molar-refractivity contribution in [3.8, 4) is 0 Å². The second-order valence-electron chi connectivity index (χ2n) is 10.4. The average molecular weight is 589 g/mol. The lowest BCUT2D eigenvalue weighted by Gasteiger charge is -2.33. The number of rotatable bonds is 10. The van der Waals surface area contributed by atoms with Crippen molar-refractivity contribution in [2.24, 2.45) is 0 Å². The van der Waals surface area contributed by atoms with Crippen molar-refractivity contribution in [1.29, 1.82) is 0 Å². The van der Waals surface area contributed by atoms with Gasteiger partial charge < -0.3 is 15.5 Å². The first-order chi connectivity index (χ1) is 20.7. The molecule has 4 amide bonds. The van der Waals surface area contributed by atoms with Gasteiger partial charge in [0.25, 0.3) is 5.91 Å². The van der Waals surface area contributed by atoms with E-state index in [0.717, 1.165) is 17.2 Å². The Balaban J connectivity index is 1.49. The van der Waals surface area contributed by atoms with Crippen LogP contribution in [-0.4, -0.2) is 53.3 Å². The molecule has 0 saturated carbocycles. The number of hydrogen-bond donors (Lipinski definition) is 2. The van der Waals surface area contributed by atoms with Crippen LogP contribution in [0.3, 0.4) is 0 Å². The molecule has 7 nitrogen and oxygen atoms in total. The van der Waals surface area contributed by atoms with Crippen molar-refractivity contribution in [1.82, 2.24) is 20.4 Å². The molecule has 2 aliphatic heterocycles. The van der Waals surface area contributed by atoms with E-state index in [9.17, 15) is 27.6 Å². The maximum absolute atomic E-state index is 14.2. The molecule has 0 saturated heterocycles. The van der Waals surface area contributed by atoms with Crippen LogP contribution in [0.5, 0.6) is 0 Å². The van der Waals surface area contributed by atoms with Crippen molar-refractivity contribution in [2.75, 3.05) is 19.6 Å². The fourth-order valence-corrected chi connectivity index (χ4v) is 5.60. The molecule has 0 aromatic heterocycles. The topological polar surface area (TPSA) is 81.8 Å². The maximum atomic E-state index is 14.2. The zero-order valence-electron chi connectivity index (χ0n) is 23.3. The van der Waals surface area contributed by atoms with E-state index in [-0.39, 0.29) is 36.3 Å². The predicted molar refractivity (Wildman–Crippen MR) is 155 cm³/mol. The van der Waals surface area contributed by atoms with Crippen LogP contribution in [0.2, 0.25) is 0 Å². The number of alkyl halides is 3. The molecule has 0 fully saturated rings. The highest BCUT2D eigenvalue weighted by Gasteiger charge is 2.48. The SMILES string of the molecule is C=CCN1C(=O)N[C@H](c2ccccc2C(F)(F)F)C2=C1CN([C@H](Cc1ccccc1)C(=O)NCCc1ccccc1)C2=O. The van der Waals surface area contributed by atoms with Crippen molar-refractivity contribution < 1.29 is 27.6 Å². The number of urea groups is 1. The van der Waals surface area contributed by atoms with Crippen molar-refractivity contribution >= 4 is 17.8 Å². The van der Waals surface area contributed by atoms with Crippen molar-refractivity contribution in [2.45, 2.75) is 31.1 Å². The van der Waals surface area contributed by atoms with Crippen LogP contribution < -0.4 is 10.6 Å². The molecule has 2 aliphatic rings. The molecule has 0 aliphatic carbocycles. The summed E-state index contributed by atoms with van der Waals surface area (Å²) in [6.45, 7) is 3.93. The van der Waals surface area contributed by atoms with Gasteiger partial charge in [0.1, 0.15) is 6.04 Å². The monoisotopic (exact) mass is 588 g/mol. The minimum absolute atomic E-state index is 0.00768. The summed E-state index contributed by atoms with van der Waals surface area (Å²) in [6, 6.07) is 20.7. The predicted octanol–water partition coefficient (Wildman–Crippen LogP) is 5.02. The highest BCUT2D eigenvalue weighted by atomic mass is 19.4. The van der Waals surface area contributed by atoms with Gasteiger partial charge in [0, 0.05) is 19.5 Å². The van der Waals surface area contributed by atoms with Crippen LogP contribution in [0.15, 0.2) is 109 Å². The standard InChI is InChI=1S/C33H31F3N4O3/c1-2-19-39-27-21-40(31(42)28(27)29(38-32(39)43)24-15-9-10-16-25(24)33(34,35)36)26(20-23-13-7-4-8-14-23)30(41)37-18-17-22-11-5-3-6-12-22/h2-16,26,29H,1,17-21H2,(H,37,41)(H,38,43)/t26-,29-/m1/s1. The van der Waals surface area contributed by atoms with E-state index in [0.29, 0.717) is 13.0 Å². The van der Waals surface area contributed by atoms with E-state index >= 15 is 0 Å². The van der Waals surface area contributed by atoms with Crippen molar-refractivity contribution in [3.63, 3.8) is 0 Å². The van der Waals surface area contributed by atoms with Gasteiger partial charge in [0.05, 0.1) is 29.4 Å². The summed E-state index contributed by atoms with van der Waals surface area (Å²) in [7, 11) is 0. The molecule has 0 radical (unpaired) electrons. The Morgan fingerprint density at radius 2 is 1.60 bits per heavy atom. The molecule has 2 atom stereocenters.